The molecule has 1 unspecified atom stereocenters. The Kier molecular flexibility index (Phi) is 6.65. The molecule has 0 aromatic rings. The van der Waals surface area contributed by atoms with Crippen LogP contribution in [0.4, 0.5) is 0 Å². The van der Waals surface area contributed by atoms with Crippen LogP contribution in [0.2, 0.25) is 0 Å². The molecule has 1 aliphatic heterocycles. The fourth-order valence-electron chi connectivity index (χ4n) is 3.19. The minimum absolute atomic E-state index is 0.0224. The minimum Gasteiger partial charge on any atom is -0.342 e. The minimum atomic E-state index is -0.724. The van der Waals surface area contributed by atoms with Crippen LogP contribution >= 0.6 is 0 Å². The topological polar surface area (TPSA) is 66.6 Å². The summed E-state index contributed by atoms with van der Waals surface area (Å²) in [5, 5.41) is 0. The van der Waals surface area contributed by atoms with Gasteiger partial charge in [0, 0.05) is 26.6 Å². The van der Waals surface area contributed by atoms with Crippen LogP contribution in [0.3, 0.4) is 0 Å². The Morgan fingerprint density at radius 1 is 1.29 bits per heavy atom. The van der Waals surface area contributed by atoms with E-state index in [-0.39, 0.29) is 11.8 Å². The van der Waals surface area contributed by atoms with Gasteiger partial charge in [-0.2, -0.15) is 0 Å². The third-order valence-corrected chi connectivity index (χ3v) is 4.54. The molecule has 0 aromatic carbocycles. The smallest absolute Gasteiger partial charge is 0.247 e. The van der Waals surface area contributed by atoms with Crippen molar-refractivity contribution in [1.82, 2.24) is 9.80 Å². The summed E-state index contributed by atoms with van der Waals surface area (Å²) >= 11 is 0. The second-order valence-electron chi connectivity index (χ2n) is 6.60. The number of nitrogens with two attached hydrogens (primary N) is 1. The summed E-state index contributed by atoms with van der Waals surface area (Å²) in [6.45, 7) is 7.77. The van der Waals surface area contributed by atoms with Crippen molar-refractivity contribution < 1.29 is 9.59 Å². The SMILES string of the molecule is CCCC(CCN)CCC(=O)N1CCN(C)C(=O)C1(C)C. The number of piperazine rings is 1. The number of carbonyl (C=O) groups is 2. The lowest BCUT2D eigenvalue weighted by molar-refractivity contribution is -0.157. The van der Waals surface area contributed by atoms with E-state index in [1.54, 1.807) is 16.8 Å². The maximum Gasteiger partial charge on any atom is 0.247 e. The molecule has 2 amide bonds. The average molecular weight is 297 g/mol. The van der Waals surface area contributed by atoms with Gasteiger partial charge in [0.15, 0.2) is 0 Å². The quantitative estimate of drug-likeness (QED) is 0.776. The lowest BCUT2D eigenvalue weighted by Crippen LogP contribution is -2.63. The molecule has 5 nitrogen and oxygen atoms in total. The summed E-state index contributed by atoms with van der Waals surface area (Å²) in [6.07, 6.45) is 4.62. The monoisotopic (exact) mass is 297 g/mol. The van der Waals surface area contributed by atoms with Crippen LogP contribution in [0.25, 0.3) is 0 Å². The maximum atomic E-state index is 12.5. The van der Waals surface area contributed by atoms with Crippen LogP contribution in [0.5, 0.6) is 0 Å². The van der Waals surface area contributed by atoms with E-state index in [4.69, 9.17) is 5.73 Å². The first-order valence-corrected chi connectivity index (χ1v) is 8.10. The first-order valence-electron chi connectivity index (χ1n) is 8.10. The van der Waals surface area contributed by atoms with Gasteiger partial charge in [-0.25, -0.2) is 0 Å². The van der Waals surface area contributed by atoms with Gasteiger partial charge in [0.1, 0.15) is 5.54 Å². The number of nitrogens with zero attached hydrogens (tertiary/aromatic N) is 2. The van der Waals surface area contributed by atoms with Gasteiger partial charge in [0.2, 0.25) is 11.8 Å². The maximum absolute atomic E-state index is 12.5. The van der Waals surface area contributed by atoms with Gasteiger partial charge in [-0.1, -0.05) is 19.8 Å². The van der Waals surface area contributed by atoms with Crippen LogP contribution in [-0.2, 0) is 9.59 Å². The molecule has 122 valence electrons. The zero-order valence-electron chi connectivity index (χ0n) is 14.0. The molecule has 1 atom stereocenters. The van der Waals surface area contributed by atoms with Gasteiger partial charge in [0.25, 0.3) is 0 Å². The molecule has 2 N–H and O–H groups in total. The number of carbonyl (C=O) groups excluding carboxylic acids is 2. The zero-order valence-corrected chi connectivity index (χ0v) is 14.0. The second-order valence-corrected chi connectivity index (χ2v) is 6.60. The second kappa shape index (κ2) is 7.78. The molecule has 0 aromatic heterocycles. The van der Waals surface area contributed by atoms with E-state index in [1.165, 1.54) is 0 Å². The highest BCUT2D eigenvalue weighted by molar-refractivity contribution is 5.91. The van der Waals surface area contributed by atoms with Crippen molar-refractivity contribution in [3.8, 4) is 0 Å². The average Bonchev–Trinajstić information content (AvgIpc) is 2.42. The van der Waals surface area contributed by atoms with Crippen LogP contribution in [0.15, 0.2) is 0 Å². The van der Waals surface area contributed by atoms with E-state index in [0.717, 1.165) is 25.7 Å². The van der Waals surface area contributed by atoms with Crippen molar-refractivity contribution in [3.05, 3.63) is 0 Å². The van der Waals surface area contributed by atoms with E-state index in [2.05, 4.69) is 6.92 Å². The van der Waals surface area contributed by atoms with Crippen LogP contribution < -0.4 is 5.73 Å². The Balaban J connectivity index is 2.60. The van der Waals surface area contributed by atoms with E-state index in [0.29, 0.717) is 32.0 Å². The standard InChI is InChI=1S/C16H31N3O2/c1-5-6-13(9-10-17)7-8-14(20)19-12-11-18(4)15(21)16(19,2)3/h13H,5-12,17H2,1-4H3. The van der Waals surface area contributed by atoms with Crippen molar-refractivity contribution in [2.75, 3.05) is 26.7 Å². The van der Waals surface area contributed by atoms with E-state index in [9.17, 15) is 9.59 Å². The third-order valence-electron chi connectivity index (χ3n) is 4.54. The van der Waals surface area contributed by atoms with Gasteiger partial charge < -0.3 is 15.5 Å². The lowest BCUT2D eigenvalue weighted by Gasteiger charge is -2.45. The molecule has 0 spiro atoms. The molecule has 5 heteroatoms. The van der Waals surface area contributed by atoms with Gasteiger partial charge in [-0.15, -0.1) is 0 Å². The summed E-state index contributed by atoms with van der Waals surface area (Å²) in [5.41, 5.74) is 4.92. The Bertz CT molecular complexity index is 363. The van der Waals surface area contributed by atoms with E-state index < -0.39 is 5.54 Å². The fraction of sp³-hybridized carbons (Fsp3) is 0.875. The molecule has 21 heavy (non-hydrogen) atoms. The highest BCUT2D eigenvalue weighted by Crippen LogP contribution is 2.24. The molecule has 1 fully saturated rings. The Morgan fingerprint density at radius 3 is 2.52 bits per heavy atom. The molecule has 1 aliphatic rings. The molecule has 0 bridgehead atoms. The number of hydrogen-bond donors (Lipinski definition) is 1. The predicted molar refractivity (Wildman–Crippen MR) is 84.7 cm³/mol. The van der Waals surface area contributed by atoms with Crippen molar-refractivity contribution >= 4 is 11.8 Å². The molecule has 0 saturated carbocycles. The Labute approximate surface area is 128 Å². The number of hydrogen-bond acceptors (Lipinski definition) is 3. The van der Waals surface area contributed by atoms with Crippen LogP contribution in [0, 0.1) is 5.92 Å². The van der Waals surface area contributed by atoms with Gasteiger partial charge in [-0.3, -0.25) is 9.59 Å². The summed E-state index contributed by atoms with van der Waals surface area (Å²) < 4.78 is 0. The molecule has 1 saturated heterocycles. The summed E-state index contributed by atoms with van der Waals surface area (Å²) in [4.78, 5) is 28.2. The number of rotatable bonds is 7. The first-order chi connectivity index (χ1) is 9.84. The van der Waals surface area contributed by atoms with Crippen molar-refractivity contribution in [2.24, 2.45) is 11.7 Å². The zero-order chi connectivity index (χ0) is 16.0. The predicted octanol–water partition coefficient (Wildman–Crippen LogP) is 1.61. The van der Waals surface area contributed by atoms with Gasteiger partial charge >= 0.3 is 0 Å². The number of likely N-dealkylation sites (N-methyl/N-ethyl adjacent to an activating group) is 1. The van der Waals surface area contributed by atoms with Gasteiger partial charge in [0.05, 0.1) is 0 Å². The van der Waals surface area contributed by atoms with Crippen LogP contribution in [-0.4, -0.2) is 53.8 Å². The lowest BCUT2D eigenvalue weighted by atomic mass is 9.92. The van der Waals surface area contributed by atoms with Crippen molar-refractivity contribution in [2.45, 2.75) is 58.4 Å². The molecule has 0 radical (unpaired) electrons. The van der Waals surface area contributed by atoms with Gasteiger partial charge in [-0.05, 0) is 39.2 Å². The number of amides is 2. The largest absolute Gasteiger partial charge is 0.342 e. The normalized spacial score (nSPS) is 19.8. The fourth-order valence-corrected chi connectivity index (χ4v) is 3.19. The molecule has 1 heterocycles. The Morgan fingerprint density at radius 2 is 1.95 bits per heavy atom. The van der Waals surface area contributed by atoms with Crippen LogP contribution in [0.1, 0.15) is 52.9 Å². The van der Waals surface area contributed by atoms with Crippen molar-refractivity contribution in [1.29, 1.82) is 0 Å². The highest BCUT2D eigenvalue weighted by Gasteiger charge is 2.42. The van der Waals surface area contributed by atoms with Crippen molar-refractivity contribution in [3.63, 3.8) is 0 Å². The van der Waals surface area contributed by atoms with E-state index in [1.807, 2.05) is 13.8 Å². The Hall–Kier alpha value is -1.10. The summed E-state index contributed by atoms with van der Waals surface area (Å²) in [6, 6.07) is 0. The summed E-state index contributed by atoms with van der Waals surface area (Å²) in [5.74, 6) is 0.643. The third kappa shape index (κ3) is 4.43. The summed E-state index contributed by atoms with van der Waals surface area (Å²) in [7, 11) is 1.80. The molecule has 0 aliphatic carbocycles. The highest BCUT2D eigenvalue weighted by atomic mass is 16.2. The molecular weight excluding hydrogens is 266 g/mol. The van der Waals surface area contributed by atoms with E-state index >= 15 is 0 Å². The molecular formula is C16H31N3O2. The first kappa shape index (κ1) is 18.0. The molecule has 1 rings (SSSR count).